The lowest BCUT2D eigenvalue weighted by molar-refractivity contribution is -0.131. The van der Waals surface area contributed by atoms with Crippen LogP contribution in [0.25, 0.3) is 0 Å². The minimum Gasteiger partial charge on any atom is -0.340 e. The lowest BCUT2D eigenvalue weighted by Crippen LogP contribution is -2.34. The number of amides is 1. The number of carbonyl (C=O) groups is 1. The van der Waals surface area contributed by atoms with Gasteiger partial charge in [-0.1, -0.05) is 13.3 Å². The Balaban J connectivity index is 2.10. The Morgan fingerprint density at radius 3 is 2.60 bits per heavy atom. The first-order chi connectivity index (χ1) is 11.9. The fourth-order valence-corrected chi connectivity index (χ4v) is 2.72. The number of carbonyl (C=O) groups excluding carboxylic acids is 1. The average Bonchev–Trinajstić information content (AvgIpc) is 3.06. The zero-order valence-electron chi connectivity index (χ0n) is 15.8. The fourth-order valence-electron chi connectivity index (χ4n) is 2.72. The topological polar surface area (TPSA) is 78.0 Å². The highest BCUT2D eigenvalue weighted by Crippen LogP contribution is 2.09. The third-order valence-corrected chi connectivity index (χ3v) is 4.52. The molecule has 1 amide bonds. The molecule has 25 heavy (non-hydrogen) atoms. The molecule has 0 aliphatic rings. The van der Waals surface area contributed by atoms with Crippen LogP contribution in [0.1, 0.15) is 43.8 Å². The molecule has 0 aliphatic heterocycles. The van der Waals surface area contributed by atoms with Gasteiger partial charge in [-0.3, -0.25) is 14.0 Å². The van der Waals surface area contributed by atoms with E-state index in [9.17, 15) is 9.59 Å². The Morgan fingerprint density at radius 2 is 2.04 bits per heavy atom. The molecule has 0 saturated heterocycles. The van der Waals surface area contributed by atoms with Gasteiger partial charge in [-0.2, -0.15) is 10.2 Å². The van der Waals surface area contributed by atoms with Crippen LogP contribution in [0.15, 0.2) is 11.0 Å². The zero-order valence-corrected chi connectivity index (χ0v) is 15.8. The molecule has 0 unspecified atom stereocenters. The van der Waals surface area contributed by atoms with Crippen molar-refractivity contribution in [2.45, 2.75) is 59.7 Å². The van der Waals surface area contributed by atoms with Crippen molar-refractivity contribution >= 4 is 5.91 Å². The second kappa shape index (κ2) is 8.13. The Labute approximate surface area is 148 Å². The minimum absolute atomic E-state index is 0.0409. The fraction of sp³-hybridized carbons (Fsp3) is 0.647. The predicted octanol–water partition coefficient (Wildman–Crippen LogP) is 1.11. The highest BCUT2D eigenvalue weighted by molar-refractivity contribution is 5.75. The van der Waals surface area contributed by atoms with Gasteiger partial charge in [0.15, 0.2) is 0 Å². The van der Waals surface area contributed by atoms with Crippen LogP contribution >= 0.6 is 0 Å². The molecule has 0 spiro atoms. The van der Waals surface area contributed by atoms with Gasteiger partial charge in [0, 0.05) is 44.9 Å². The summed E-state index contributed by atoms with van der Waals surface area (Å²) in [7, 11) is 3.60. The van der Waals surface area contributed by atoms with Crippen LogP contribution in [0.3, 0.4) is 0 Å². The molecule has 2 aromatic heterocycles. The van der Waals surface area contributed by atoms with Crippen molar-refractivity contribution < 1.29 is 4.79 Å². The van der Waals surface area contributed by atoms with Crippen molar-refractivity contribution in [1.82, 2.24) is 29.0 Å². The number of hydrogen-bond donors (Lipinski definition) is 0. The van der Waals surface area contributed by atoms with Crippen LogP contribution in [0.2, 0.25) is 0 Å². The summed E-state index contributed by atoms with van der Waals surface area (Å²) >= 11 is 0. The highest BCUT2D eigenvalue weighted by atomic mass is 16.2. The van der Waals surface area contributed by atoms with Crippen molar-refractivity contribution in [3.63, 3.8) is 0 Å². The Hall–Kier alpha value is -2.38. The molecule has 0 saturated carbocycles. The number of rotatable bonds is 8. The van der Waals surface area contributed by atoms with E-state index < -0.39 is 0 Å². The van der Waals surface area contributed by atoms with Crippen molar-refractivity contribution in [3.05, 3.63) is 33.8 Å². The standard InChI is InChI=1S/C17H28N6O2/c1-6-8-9-15-19-23(17(25)22(15)7-2)12-16(24)20(4)11-14-10-18-21(5)13(14)3/h10H,6-9,11-12H2,1-5H3. The third-order valence-electron chi connectivity index (χ3n) is 4.52. The maximum Gasteiger partial charge on any atom is 0.346 e. The Kier molecular flexibility index (Phi) is 6.17. The molecule has 0 aromatic carbocycles. The quantitative estimate of drug-likeness (QED) is 0.716. The molecule has 0 radical (unpaired) electrons. The first kappa shape index (κ1) is 19.0. The summed E-state index contributed by atoms with van der Waals surface area (Å²) < 4.78 is 4.71. The Bertz CT molecular complexity index is 786. The zero-order chi connectivity index (χ0) is 18.6. The monoisotopic (exact) mass is 348 g/mol. The summed E-state index contributed by atoms with van der Waals surface area (Å²) in [6, 6.07) is 0. The Morgan fingerprint density at radius 1 is 1.32 bits per heavy atom. The summed E-state index contributed by atoms with van der Waals surface area (Å²) in [6.07, 6.45) is 4.53. The smallest absolute Gasteiger partial charge is 0.340 e. The van der Waals surface area contributed by atoms with E-state index in [1.165, 1.54) is 4.68 Å². The number of nitrogens with zero attached hydrogens (tertiary/aromatic N) is 6. The molecule has 0 fully saturated rings. The molecule has 0 atom stereocenters. The van der Waals surface area contributed by atoms with Gasteiger partial charge in [0.05, 0.1) is 6.20 Å². The molecular weight excluding hydrogens is 320 g/mol. The van der Waals surface area contributed by atoms with E-state index >= 15 is 0 Å². The van der Waals surface area contributed by atoms with Gasteiger partial charge in [0.1, 0.15) is 12.4 Å². The predicted molar refractivity (Wildman–Crippen MR) is 95.2 cm³/mol. The van der Waals surface area contributed by atoms with E-state index in [0.717, 1.165) is 36.3 Å². The van der Waals surface area contributed by atoms with E-state index in [1.54, 1.807) is 27.4 Å². The van der Waals surface area contributed by atoms with Gasteiger partial charge in [0.25, 0.3) is 0 Å². The maximum atomic E-state index is 12.5. The average molecular weight is 348 g/mol. The van der Waals surface area contributed by atoms with Gasteiger partial charge < -0.3 is 4.90 Å². The first-order valence-corrected chi connectivity index (χ1v) is 8.76. The second-order valence-electron chi connectivity index (χ2n) is 6.33. The van der Waals surface area contributed by atoms with Crippen molar-refractivity contribution in [1.29, 1.82) is 0 Å². The largest absolute Gasteiger partial charge is 0.346 e. The number of likely N-dealkylation sites (N-methyl/N-ethyl adjacent to an activating group) is 1. The van der Waals surface area contributed by atoms with Crippen LogP contribution in [0.4, 0.5) is 0 Å². The summed E-state index contributed by atoms with van der Waals surface area (Å²) in [5.74, 6) is 0.612. The molecule has 0 aliphatic carbocycles. The van der Waals surface area contributed by atoms with Crippen LogP contribution < -0.4 is 5.69 Å². The van der Waals surface area contributed by atoms with Crippen molar-refractivity contribution in [2.24, 2.45) is 7.05 Å². The van der Waals surface area contributed by atoms with E-state index in [1.807, 2.05) is 20.9 Å². The lowest BCUT2D eigenvalue weighted by atomic mass is 10.2. The normalized spacial score (nSPS) is 11.1. The highest BCUT2D eigenvalue weighted by Gasteiger charge is 2.17. The van der Waals surface area contributed by atoms with E-state index in [4.69, 9.17) is 0 Å². The molecule has 2 heterocycles. The second-order valence-corrected chi connectivity index (χ2v) is 6.33. The van der Waals surface area contributed by atoms with Gasteiger partial charge in [-0.25, -0.2) is 9.48 Å². The van der Waals surface area contributed by atoms with Crippen LogP contribution in [-0.4, -0.2) is 42.0 Å². The molecule has 2 aromatic rings. The molecule has 8 heteroatoms. The summed E-state index contributed by atoms with van der Waals surface area (Å²) in [6.45, 7) is 6.97. The third kappa shape index (κ3) is 4.18. The SMILES string of the molecule is CCCCc1nn(CC(=O)N(C)Cc2cnn(C)c2C)c(=O)n1CC. The molecule has 138 valence electrons. The minimum atomic E-state index is -0.215. The lowest BCUT2D eigenvalue weighted by Gasteiger charge is -2.16. The number of hydrogen-bond acceptors (Lipinski definition) is 4. The summed E-state index contributed by atoms with van der Waals surface area (Å²) in [5, 5.41) is 8.56. The first-order valence-electron chi connectivity index (χ1n) is 8.76. The number of aromatic nitrogens is 5. The van der Waals surface area contributed by atoms with Gasteiger partial charge in [0.2, 0.25) is 5.91 Å². The molecule has 0 bridgehead atoms. The van der Waals surface area contributed by atoms with Crippen LogP contribution in [-0.2, 0) is 37.9 Å². The molecule has 8 nitrogen and oxygen atoms in total. The van der Waals surface area contributed by atoms with E-state index in [-0.39, 0.29) is 18.1 Å². The van der Waals surface area contributed by atoms with Crippen LogP contribution in [0.5, 0.6) is 0 Å². The van der Waals surface area contributed by atoms with Crippen molar-refractivity contribution in [2.75, 3.05) is 7.05 Å². The number of unbranched alkanes of at least 4 members (excludes halogenated alkanes) is 1. The van der Waals surface area contributed by atoms with Crippen LogP contribution in [0, 0.1) is 6.92 Å². The van der Waals surface area contributed by atoms with Gasteiger partial charge >= 0.3 is 5.69 Å². The van der Waals surface area contributed by atoms with Gasteiger partial charge in [-0.15, -0.1) is 0 Å². The maximum absolute atomic E-state index is 12.5. The van der Waals surface area contributed by atoms with E-state index in [2.05, 4.69) is 17.1 Å². The van der Waals surface area contributed by atoms with Gasteiger partial charge in [-0.05, 0) is 20.3 Å². The molecule has 2 rings (SSSR count). The number of aryl methyl sites for hydroxylation is 2. The summed E-state index contributed by atoms with van der Waals surface area (Å²) in [5.41, 5.74) is 1.80. The van der Waals surface area contributed by atoms with Crippen molar-refractivity contribution in [3.8, 4) is 0 Å². The molecular formula is C17H28N6O2. The summed E-state index contributed by atoms with van der Waals surface area (Å²) in [4.78, 5) is 26.5. The van der Waals surface area contributed by atoms with E-state index in [0.29, 0.717) is 13.1 Å². The molecule has 0 N–H and O–H groups in total.